The minimum absolute atomic E-state index is 0.0815. The molecule has 3 aliphatic carbocycles. The summed E-state index contributed by atoms with van der Waals surface area (Å²) in [6, 6.07) is 4.02. The monoisotopic (exact) mass is 282 g/mol. The molecule has 1 aliphatic heterocycles. The van der Waals surface area contributed by atoms with Crippen LogP contribution in [-0.4, -0.2) is 16.5 Å². The van der Waals surface area contributed by atoms with E-state index in [2.05, 4.69) is 21.9 Å². The molecule has 2 aromatic rings. The van der Waals surface area contributed by atoms with Crippen LogP contribution in [0, 0.1) is 11.8 Å². The van der Waals surface area contributed by atoms with Crippen LogP contribution in [0.15, 0.2) is 34.0 Å². The first-order valence-electron chi connectivity index (χ1n) is 7.79. The topological polar surface area (TPSA) is 62.5 Å². The first-order chi connectivity index (χ1) is 10.3. The number of nitrogens with zero attached hydrogens (tertiary/aromatic N) is 2. The molecule has 21 heavy (non-hydrogen) atoms. The van der Waals surface area contributed by atoms with Crippen molar-refractivity contribution in [3.05, 3.63) is 30.2 Å². The van der Waals surface area contributed by atoms with E-state index in [4.69, 9.17) is 9.41 Å². The Morgan fingerprint density at radius 1 is 1.24 bits per heavy atom. The number of hydrogen-bond donors (Lipinski definition) is 2. The van der Waals surface area contributed by atoms with Gasteiger partial charge >= 0.3 is 0 Å². The van der Waals surface area contributed by atoms with Crippen molar-refractivity contribution in [3.63, 3.8) is 0 Å². The fraction of sp³-hybridized carbons (Fsp3) is 0.500. The molecule has 4 aliphatic rings. The first-order valence-corrected chi connectivity index (χ1v) is 7.79. The summed E-state index contributed by atoms with van der Waals surface area (Å²) in [7, 11) is 0. The van der Waals surface area contributed by atoms with Crippen LogP contribution in [-0.2, 0) is 0 Å². The standard InChI is InChI=1S/C16H18N4O/c1-3-13-4-2-10(1)8-16(13)18-14(19-20-16)12-7-11-5-6-21-15(11)17-9-12/h5-7,9-10,13,20H,1-4,8H2,(H,18,19)/t10?,13?,16-/m0/s1. The van der Waals surface area contributed by atoms with Crippen molar-refractivity contribution in [2.75, 3.05) is 0 Å². The van der Waals surface area contributed by atoms with Crippen LogP contribution in [0.4, 0.5) is 0 Å². The Morgan fingerprint density at radius 2 is 2.14 bits per heavy atom. The van der Waals surface area contributed by atoms with E-state index in [-0.39, 0.29) is 5.66 Å². The van der Waals surface area contributed by atoms with Gasteiger partial charge in [-0.2, -0.15) is 0 Å². The van der Waals surface area contributed by atoms with E-state index in [1.165, 1.54) is 25.7 Å². The van der Waals surface area contributed by atoms with Crippen molar-refractivity contribution < 1.29 is 4.42 Å². The number of furan rings is 1. The zero-order valence-corrected chi connectivity index (χ0v) is 11.8. The summed E-state index contributed by atoms with van der Waals surface area (Å²) in [5, 5.41) is 1.02. The predicted octanol–water partition coefficient (Wildman–Crippen LogP) is 2.59. The quantitative estimate of drug-likeness (QED) is 0.844. The molecule has 3 heterocycles. The van der Waals surface area contributed by atoms with Crippen molar-refractivity contribution in [3.8, 4) is 0 Å². The fourth-order valence-corrected chi connectivity index (χ4v) is 4.29. The third-order valence-electron chi connectivity index (χ3n) is 5.41. The van der Waals surface area contributed by atoms with Gasteiger partial charge in [-0.05, 0) is 56.1 Å². The number of rotatable bonds is 1. The SMILES string of the molecule is c1cc2cc(C3=N[C@@]4(CC5CCC4CC5)NN3)cnc2o1. The zero-order valence-electron chi connectivity index (χ0n) is 11.8. The minimum Gasteiger partial charge on any atom is -0.446 e. The van der Waals surface area contributed by atoms with Gasteiger partial charge in [0, 0.05) is 17.1 Å². The van der Waals surface area contributed by atoms with E-state index in [1.807, 2.05) is 12.3 Å². The lowest BCUT2D eigenvalue weighted by Gasteiger charge is -2.47. The van der Waals surface area contributed by atoms with Crippen LogP contribution in [0.1, 0.15) is 37.7 Å². The second-order valence-corrected chi connectivity index (χ2v) is 6.60. The Hall–Kier alpha value is -1.88. The summed E-state index contributed by atoms with van der Waals surface area (Å²) in [5.41, 5.74) is 8.41. The van der Waals surface area contributed by atoms with Gasteiger partial charge in [0.15, 0.2) is 0 Å². The van der Waals surface area contributed by atoms with Crippen molar-refractivity contribution in [2.24, 2.45) is 16.8 Å². The first kappa shape index (κ1) is 11.7. The van der Waals surface area contributed by atoms with Crippen LogP contribution in [0.2, 0.25) is 0 Å². The number of amidine groups is 1. The van der Waals surface area contributed by atoms with E-state index in [9.17, 15) is 0 Å². The van der Waals surface area contributed by atoms with E-state index in [1.54, 1.807) is 6.26 Å². The normalized spacial score (nSPS) is 34.4. The maximum Gasteiger partial charge on any atom is 0.225 e. The second kappa shape index (κ2) is 4.07. The highest BCUT2D eigenvalue weighted by atomic mass is 16.3. The van der Waals surface area contributed by atoms with E-state index < -0.39 is 0 Å². The van der Waals surface area contributed by atoms with Gasteiger partial charge in [0.05, 0.1) is 6.26 Å². The molecule has 6 rings (SSSR count). The summed E-state index contributed by atoms with van der Waals surface area (Å²) in [6.45, 7) is 0. The van der Waals surface area contributed by atoms with Gasteiger partial charge in [-0.15, -0.1) is 0 Å². The largest absolute Gasteiger partial charge is 0.446 e. The molecule has 3 fully saturated rings. The van der Waals surface area contributed by atoms with Gasteiger partial charge in [0.1, 0.15) is 11.5 Å². The van der Waals surface area contributed by atoms with Crippen molar-refractivity contribution >= 4 is 16.9 Å². The molecule has 3 saturated carbocycles. The van der Waals surface area contributed by atoms with Crippen molar-refractivity contribution in [2.45, 2.75) is 37.8 Å². The Kier molecular flexibility index (Phi) is 2.28. The molecule has 0 saturated heterocycles. The summed E-state index contributed by atoms with van der Waals surface area (Å²) < 4.78 is 5.30. The second-order valence-electron chi connectivity index (χ2n) is 6.60. The lowest BCUT2D eigenvalue weighted by Crippen LogP contribution is -2.56. The molecular weight excluding hydrogens is 264 g/mol. The molecule has 2 bridgehead atoms. The van der Waals surface area contributed by atoms with E-state index in [0.29, 0.717) is 11.6 Å². The van der Waals surface area contributed by atoms with E-state index >= 15 is 0 Å². The van der Waals surface area contributed by atoms with Gasteiger partial charge in [-0.3, -0.25) is 0 Å². The summed E-state index contributed by atoms with van der Waals surface area (Å²) >= 11 is 0. The lowest BCUT2D eigenvalue weighted by molar-refractivity contribution is 0.0506. The van der Waals surface area contributed by atoms with E-state index in [0.717, 1.165) is 29.1 Å². The molecule has 0 unspecified atom stereocenters. The van der Waals surface area contributed by atoms with Crippen molar-refractivity contribution in [1.29, 1.82) is 0 Å². The van der Waals surface area contributed by atoms with Crippen LogP contribution in [0.25, 0.3) is 11.1 Å². The van der Waals surface area contributed by atoms with Crippen LogP contribution >= 0.6 is 0 Å². The fourth-order valence-electron chi connectivity index (χ4n) is 4.29. The Bertz CT molecular complexity index is 729. The average molecular weight is 282 g/mol. The average Bonchev–Trinajstić information content (AvgIpc) is 3.15. The third kappa shape index (κ3) is 1.67. The Morgan fingerprint density at radius 3 is 2.95 bits per heavy atom. The molecule has 0 amide bonds. The molecule has 0 aromatic carbocycles. The molecule has 1 spiro atoms. The molecule has 108 valence electrons. The number of hydrazine groups is 1. The van der Waals surface area contributed by atoms with Crippen LogP contribution < -0.4 is 10.9 Å². The van der Waals surface area contributed by atoms with Crippen molar-refractivity contribution in [1.82, 2.24) is 15.8 Å². The van der Waals surface area contributed by atoms with Gasteiger partial charge < -0.3 is 9.84 Å². The zero-order chi connectivity index (χ0) is 13.9. The number of nitrogens with one attached hydrogen (secondary N) is 2. The molecule has 2 aromatic heterocycles. The summed E-state index contributed by atoms with van der Waals surface area (Å²) in [5.74, 6) is 2.41. The number of fused-ring (bicyclic) bond motifs is 3. The molecule has 2 N–H and O–H groups in total. The summed E-state index contributed by atoms with van der Waals surface area (Å²) in [6.07, 6.45) is 10.0. The number of hydrogen-bond acceptors (Lipinski definition) is 5. The summed E-state index contributed by atoms with van der Waals surface area (Å²) in [4.78, 5) is 9.40. The number of aliphatic imine (C=N–C) groups is 1. The van der Waals surface area contributed by atoms with Crippen LogP contribution in [0.3, 0.4) is 0 Å². The highest BCUT2D eigenvalue weighted by Crippen LogP contribution is 2.48. The van der Waals surface area contributed by atoms with Crippen LogP contribution in [0.5, 0.6) is 0 Å². The lowest BCUT2D eigenvalue weighted by atomic mass is 9.65. The molecule has 1 atom stereocenters. The van der Waals surface area contributed by atoms with Gasteiger partial charge in [0.25, 0.3) is 0 Å². The predicted molar refractivity (Wildman–Crippen MR) is 79.6 cm³/mol. The number of aromatic nitrogens is 1. The molecule has 0 radical (unpaired) electrons. The van der Waals surface area contributed by atoms with Gasteiger partial charge in [-0.25, -0.2) is 15.4 Å². The minimum atomic E-state index is -0.0815. The smallest absolute Gasteiger partial charge is 0.225 e. The Balaban J connectivity index is 1.53. The highest BCUT2D eigenvalue weighted by molar-refractivity contribution is 6.01. The maximum atomic E-state index is 5.30. The molecule has 5 heteroatoms. The molecule has 5 nitrogen and oxygen atoms in total. The third-order valence-corrected chi connectivity index (χ3v) is 5.41. The highest BCUT2D eigenvalue weighted by Gasteiger charge is 2.49. The number of pyridine rings is 1. The Labute approximate surface area is 122 Å². The molecular formula is C16H18N4O. The maximum absolute atomic E-state index is 5.30. The van der Waals surface area contributed by atoms with Gasteiger partial charge in [-0.1, -0.05) is 0 Å². The van der Waals surface area contributed by atoms with Gasteiger partial charge in [0.2, 0.25) is 5.71 Å².